The summed E-state index contributed by atoms with van der Waals surface area (Å²) >= 11 is 0. The molecule has 2 aliphatic heterocycles. The molecule has 0 spiro atoms. The molecule has 3 rings (SSSR count). The molecule has 0 aromatic carbocycles. The highest BCUT2D eigenvalue weighted by molar-refractivity contribution is 5.82. The first-order chi connectivity index (χ1) is 10.8. The summed E-state index contributed by atoms with van der Waals surface area (Å²) in [5.74, 6) is 0.236. The first-order valence-corrected chi connectivity index (χ1v) is 8.51. The van der Waals surface area contributed by atoms with Crippen molar-refractivity contribution in [1.82, 2.24) is 20.7 Å². The Bertz CT molecular complexity index is 493. The van der Waals surface area contributed by atoms with Crippen LogP contribution in [0.2, 0.25) is 0 Å². The zero-order valence-corrected chi connectivity index (χ0v) is 13.3. The van der Waals surface area contributed by atoms with Crippen LogP contribution in [0.1, 0.15) is 57.1 Å². The van der Waals surface area contributed by atoms with Gasteiger partial charge in [0.15, 0.2) is 0 Å². The van der Waals surface area contributed by atoms with Gasteiger partial charge >= 0.3 is 0 Å². The van der Waals surface area contributed by atoms with E-state index in [0.29, 0.717) is 6.04 Å². The number of carbonyl (C=O) groups is 1. The predicted octanol–water partition coefficient (Wildman–Crippen LogP) is 2.17. The highest BCUT2D eigenvalue weighted by atomic mass is 16.2. The van der Waals surface area contributed by atoms with Crippen molar-refractivity contribution in [1.29, 1.82) is 0 Å². The van der Waals surface area contributed by atoms with Gasteiger partial charge in [-0.2, -0.15) is 0 Å². The van der Waals surface area contributed by atoms with E-state index in [1.165, 1.54) is 6.42 Å². The summed E-state index contributed by atoms with van der Waals surface area (Å²) in [6.45, 7) is 3.04. The quantitative estimate of drug-likeness (QED) is 0.895. The zero-order chi connectivity index (χ0) is 15.4. The van der Waals surface area contributed by atoms with Crippen molar-refractivity contribution in [3.8, 4) is 0 Å². The van der Waals surface area contributed by atoms with E-state index < -0.39 is 0 Å². The van der Waals surface area contributed by atoms with E-state index >= 15 is 0 Å². The molecule has 120 valence electrons. The van der Waals surface area contributed by atoms with E-state index in [-0.39, 0.29) is 18.0 Å². The lowest BCUT2D eigenvalue weighted by molar-refractivity contribution is -0.137. The Kier molecular flexibility index (Phi) is 5.05. The first-order valence-electron chi connectivity index (χ1n) is 8.51. The molecule has 2 aliphatic rings. The molecule has 22 heavy (non-hydrogen) atoms. The number of amides is 1. The van der Waals surface area contributed by atoms with Crippen molar-refractivity contribution in [3.63, 3.8) is 0 Å². The molecule has 2 saturated heterocycles. The molecule has 0 radical (unpaired) electrons. The Balaban J connectivity index is 1.70. The maximum Gasteiger partial charge on any atom is 0.241 e. The third-order valence-corrected chi connectivity index (χ3v) is 4.77. The molecule has 3 heterocycles. The standard InChI is InChI=1S/C17H26N4O/c1-2-6-14-11-15(20-19-14)17(22)21-10-4-3-8-16(21)13-7-5-9-18-12-13/h5,7,9,12,14-16,19-20H,2-4,6,8,10-11H2,1H3. The lowest BCUT2D eigenvalue weighted by Crippen LogP contribution is -2.48. The molecule has 0 saturated carbocycles. The third kappa shape index (κ3) is 3.31. The van der Waals surface area contributed by atoms with Crippen LogP contribution in [0.15, 0.2) is 24.5 Å². The molecule has 5 heteroatoms. The van der Waals surface area contributed by atoms with Crippen LogP contribution in [0.5, 0.6) is 0 Å². The molecule has 0 aliphatic carbocycles. The number of rotatable bonds is 4. The minimum Gasteiger partial charge on any atom is -0.334 e. The Morgan fingerprint density at radius 1 is 1.41 bits per heavy atom. The number of nitrogens with zero attached hydrogens (tertiary/aromatic N) is 2. The normalized spacial score (nSPS) is 28.8. The highest BCUT2D eigenvalue weighted by Gasteiger charge is 2.36. The van der Waals surface area contributed by atoms with Gasteiger partial charge in [0.05, 0.1) is 6.04 Å². The summed E-state index contributed by atoms with van der Waals surface area (Å²) in [4.78, 5) is 19.2. The monoisotopic (exact) mass is 302 g/mol. The van der Waals surface area contributed by atoms with E-state index in [0.717, 1.165) is 44.2 Å². The van der Waals surface area contributed by atoms with Gasteiger partial charge < -0.3 is 4.90 Å². The average Bonchev–Trinajstić information content (AvgIpc) is 3.04. The number of aromatic nitrogens is 1. The first kappa shape index (κ1) is 15.4. The summed E-state index contributed by atoms with van der Waals surface area (Å²) in [7, 11) is 0. The van der Waals surface area contributed by atoms with Crippen molar-refractivity contribution >= 4 is 5.91 Å². The van der Waals surface area contributed by atoms with Gasteiger partial charge in [-0.3, -0.25) is 15.2 Å². The van der Waals surface area contributed by atoms with Crippen molar-refractivity contribution in [2.24, 2.45) is 0 Å². The van der Waals surface area contributed by atoms with Crippen LogP contribution in [0.4, 0.5) is 0 Å². The Morgan fingerprint density at radius 2 is 2.32 bits per heavy atom. The lowest BCUT2D eigenvalue weighted by atomic mass is 9.95. The van der Waals surface area contributed by atoms with Crippen LogP contribution in [-0.4, -0.2) is 34.4 Å². The van der Waals surface area contributed by atoms with Gasteiger partial charge in [-0.15, -0.1) is 0 Å². The summed E-state index contributed by atoms with van der Waals surface area (Å²) in [5.41, 5.74) is 7.64. The van der Waals surface area contributed by atoms with Gasteiger partial charge in [0.1, 0.15) is 6.04 Å². The van der Waals surface area contributed by atoms with Gasteiger partial charge in [0, 0.05) is 25.0 Å². The van der Waals surface area contributed by atoms with E-state index in [9.17, 15) is 4.79 Å². The van der Waals surface area contributed by atoms with Gasteiger partial charge in [0.25, 0.3) is 0 Å². The Morgan fingerprint density at radius 3 is 3.09 bits per heavy atom. The highest BCUT2D eigenvalue weighted by Crippen LogP contribution is 2.31. The fourth-order valence-electron chi connectivity index (χ4n) is 3.64. The SMILES string of the molecule is CCCC1CC(C(=O)N2CCCCC2c2cccnc2)NN1. The zero-order valence-electron chi connectivity index (χ0n) is 13.3. The van der Waals surface area contributed by atoms with Crippen LogP contribution in [0.25, 0.3) is 0 Å². The number of pyridine rings is 1. The van der Waals surface area contributed by atoms with Gasteiger partial charge in [0.2, 0.25) is 5.91 Å². The number of hydrogen-bond acceptors (Lipinski definition) is 4. The molecule has 1 aromatic rings. The van der Waals surface area contributed by atoms with Crippen molar-refractivity contribution in [2.75, 3.05) is 6.54 Å². The number of hydrazine groups is 1. The molecule has 1 aromatic heterocycles. The van der Waals surface area contributed by atoms with Crippen LogP contribution in [-0.2, 0) is 4.79 Å². The Hall–Kier alpha value is -1.46. The van der Waals surface area contributed by atoms with Gasteiger partial charge in [-0.1, -0.05) is 19.4 Å². The van der Waals surface area contributed by atoms with E-state index in [1.54, 1.807) is 6.20 Å². The van der Waals surface area contributed by atoms with Crippen LogP contribution in [0, 0.1) is 0 Å². The molecular formula is C17H26N4O. The maximum absolute atomic E-state index is 12.9. The number of piperidine rings is 1. The molecular weight excluding hydrogens is 276 g/mol. The van der Waals surface area contributed by atoms with E-state index in [4.69, 9.17) is 0 Å². The summed E-state index contributed by atoms with van der Waals surface area (Å²) in [6, 6.07) is 4.55. The van der Waals surface area contributed by atoms with Crippen molar-refractivity contribution < 1.29 is 4.79 Å². The predicted molar refractivity (Wildman–Crippen MR) is 85.9 cm³/mol. The second kappa shape index (κ2) is 7.20. The maximum atomic E-state index is 12.9. The molecule has 2 N–H and O–H groups in total. The fourth-order valence-corrected chi connectivity index (χ4v) is 3.64. The van der Waals surface area contributed by atoms with E-state index in [1.807, 2.05) is 12.3 Å². The molecule has 0 bridgehead atoms. The van der Waals surface area contributed by atoms with Crippen LogP contribution < -0.4 is 10.9 Å². The fraction of sp³-hybridized carbons (Fsp3) is 0.647. The topological polar surface area (TPSA) is 57.3 Å². The summed E-state index contributed by atoms with van der Waals surface area (Å²) in [5, 5.41) is 0. The molecule has 3 unspecified atom stereocenters. The summed E-state index contributed by atoms with van der Waals surface area (Å²) < 4.78 is 0. The molecule has 1 amide bonds. The van der Waals surface area contributed by atoms with Crippen molar-refractivity contribution in [3.05, 3.63) is 30.1 Å². The average molecular weight is 302 g/mol. The van der Waals surface area contributed by atoms with Crippen LogP contribution >= 0.6 is 0 Å². The second-order valence-electron chi connectivity index (χ2n) is 6.39. The number of carbonyl (C=O) groups excluding carboxylic acids is 1. The lowest BCUT2D eigenvalue weighted by Gasteiger charge is -2.37. The van der Waals surface area contributed by atoms with Gasteiger partial charge in [-0.05, 0) is 43.7 Å². The smallest absolute Gasteiger partial charge is 0.241 e. The minimum absolute atomic E-state index is 0.0891. The molecule has 5 nitrogen and oxygen atoms in total. The molecule has 2 fully saturated rings. The number of nitrogens with one attached hydrogen (secondary N) is 2. The number of hydrogen-bond donors (Lipinski definition) is 2. The Labute approximate surface area is 132 Å². The van der Waals surface area contributed by atoms with Gasteiger partial charge in [-0.25, -0.2) is 5.43 Å². The van der Waals surface area contributed by atoms with Crippen LogP contribution in [0.3, 0.4) is 0 Å². The van der Waals surface area contributed by atoms with Crippen molar-refractivity contribution in [2.45, 2.75) is 63.6 Å². The minimum atomic E-state index is -0.0891. The largest absolute Gasteiger partial charge is 0.334 e. The number of likely N-dealkylation sites (tertiary alicyclic amines) is 1. The third-order valence-electron chi connectivity index (χ3n) is 4.77. The molecule has 3 atom stereocenters. The summed E-state index contributed by atoms with van der Waals surface area (Å²) in [6.07, 6.45) is 10.1. The van der Waals surface area contributed by atoms with E-state index in [2.05, 4.69) is 33.7 Å². The second-order valence-corrected chi connectivity index (χ2v) is 6.39.